The van der Waals surface area contributed by atoms with E-state index in [0.29, 0.717) is 18.4 Å². The fourth-order valence-electron chi connectivity index (χ4n) is 2.47. The van der Waals surface area contributed by atoms with E-state index in [9.17, 15) is 26.4 Å². The molecule has 0 heterocycles. The van der Waals surface area contributed by atoms with Crippen LogP contribution < -0.4 is 8.92 Å². The lowest BCUT2D eigenvalue weighted by Gasteiger charge is -2.21. The largest absolute Gasteiger partial charge is 0.534 e. The van der Waals surface area contributed by atoms with Gasteiger partial charge in [-0.1, -0.05) is 13.0 Å². The number of ether oxygens (including phenoxy) is 2. The van der Waals surface area contributed by atoms with Gasteiger partial charge in [0.05, 0.1) is 7.11 Å². The Morgan fingerprint density at radius 2 is 1.75 bits per heavy atom. The molecule has 0 spiro atoms. The van der Waals surface area contributed by atoms with Crippen molar-refractivity contribution in [1.29, 1.82) is 0 Å². The predicted molar refractivity (Wildman–Crippen MR) is 96.7 cm³/mol. The van der Waals surface area contributed by atoms with Crippen LogP contribution in [0.1, 0.15) is 58.4 Å². The van der Waals surface area contributed by atoms with Crippen molar-refractivity contribution < 1.29 is 40.0 Å². The second-order valence-electron chi connectivity index (χ2n) is 7.12. The highest BCUT2D eigenvalue weighted by molar-refractivity contribution is 7.88. The van der Waals surface area contributed by atoms with Crippen LogP contribution in [-0.4, -0.2) is 32.6 Å². The predicted octanol–water partition coefficient (Wildman–Crippen LogP) is 4.54. The standard InChI is InChI=1S/C18H25F3O6S/c1-6-12(8-10-16(22)26-17(2,3)4)13-7-9-14(25-5)15(11-13)27-28(23,24)18(19,20)21/h7,9,11-12H,6,8,10H2,1-5H3. The van der Waals surface area contributed by atoms with Gasteiger partial charge in [0.1, 0.15) is 5.60 Å². The first kappa shape index (κ1) is 24.1. The number of halogens is 3. The van der Waals surface area contributed by atoms with E-state index < -0.39 is 32.9 Å². The number of carbonyl (C=O) groups excluding carboxylic acids is 1. The molecule has 0 radical (unpaired) electrons. The lowest BCUT2D eigenvalue weighted by atomic mass is 9.91. The zero-order valence-corrected chi connectivity index (χ0v) is 17.2. The van der Waals surface area contributed by atoms with Gasteiger partial charge in [0.2, 0.25) is 0 Å². The van der Waals surface area contributed by atoms with Crippen LogP contribution in [0.5, 0.6) is 11.5 Å². The molecule has 1 aromatic carbocycles. The minimum Gasteiger partial charge on any atom is -0.493 e. The average molecular weight is 426 g/mol. The highest BCUT2D eigenvalue weighted by Gasteiger charge is 2.49. The number of carbonyl (C=O) groups is 1. The maximum Gasteiger partial charge on any atom is 0.534 e. The van der Waals surface area contributed by atoms with Crippen molar-refractivity contribution in [1.82, 2.24) is 0 Å². The Labute approximate surface area is 163 Å². The molecule has 1 rings (SSSR count). The van der Waals surface area contributed by atoms with Crippen molar-refractivity contribution in [2.24, 2.45) is 0 Å². The summed E-state index contributed by atoms with van der Waals surface area (Å²) < 4.78 is 74.9. The van der Waals surface area contributed by atoms with E-state index in [2.05, 4.69) is 4.18 Å². The summed E-state index contributed by atoms with van der Waals surface area (Å²) in [6.45, 7) is 7.08. The summed E-state index contributed by atoms with van der Waals surface area (Å²) in [6, 6.07) is 4.10. The third kappa shape index (κ3) is 6.88. The Kier molecular flexibility index (Phi) is 7.75. The second kappa shape index (κ2) is 9.02. The third-order valence-electron chi connectivity index (χ3n) is 3.75. The van der Waals surface area contributed by atoms with Crippen molar-refractivity contribution in [2.75, 3.05) is 7.11 Å². The number of alkyl halides is 3. The summed E-state index contributed by atoms with van der Waals surface area (Å²) in [5.74, 6) is -1.32. The highest BCUT2D eigenvalue weighted by Crippen LogP contribution is 2.37. The van der Waals surface area contributed by atoms with Crippen molar-refractivity contribution in [3.8, 4) is 11.5 Å². The first-order valence-corrected chi connectivity index (χ1v) is 10.0. The third-order valence-corrected chi connectivity index (χ3v) is 4.72. The maximum atomic E-state index is 12.6. The second-order valence-corrected chi connectivity index (χ2v) is 8.66. The smallest absolute Gasteiger partial charge is 0.493 e. The molecule has 0 saturated carbocycles. The number of hydrogen-bond acceptors (Lipinski definition) is 6. The van der Waals surface area contributed by atoms with Crippen LogP contribution in [0.25, 0.3) is 0 Å². The van der Waals surface area contributed by atoms with E-state index in [-0.39, 0.29) is 18.1 Å². The Hall–Kier alpha value is -1.97. The fourth-order valence-corrected chi connectivity index (χ4v) is 2.93. The first-order valence-electron chi connectivity index (χ1n) is 8.60. The van der Waals surface area contributed by atoms with Crippen molar-refractivity contribution in [3.63, 3.8) is 0 Å². The Bertz CT molecular complexity index is 781. The monoisotopic (exact) mass is 426 g/mol. The normalized spacial score (nSPS) is 13.7. The number of benzene rings is 1. The SMILES string of the molecule is CCC(CCC(=O)OC(C)(C)C)c1ccc(OC)c(OS(=O)(=O)C(F)(F)F)c1. The minimum absolute atomic E-state index is 0.110. The molecule has 0 amide bonds. The number of esters is 1. The van der Waals surface area contributed by atoms with Crippen LogP contribution in [0.15, 0.2) is 18.2 Å². The molecule has 1 aromatic rings. The van der Waals surface area contributed by atoms with Gasteiger partial charge in [0.15, 0.2) is 11.5 Å². The van der Waals surface area contributed by atoms with Gasteiger partial charge in [-0.05, 0) is 57.2 Å². The summed E-state index contributed by atoms with van der Waals surface area (Å²) >= 11 is 0. The van der Waals surface area contributed by atoms with E-state index in [1.54, 1.807) is 26.8 Å². The molecule has 0 aliphatic heterocycles. The Balaban J connectivity index is 3.05. The van der Waals surface area contributed by atoms with Gasteiger partial charge in [-0.15, -0.1) is 0 Å². The quantitative estimate of drug-likeness (QED) is 0.345. The van der Waals surface area contributed by atoms with Crippen LogP contribution in [-0.2, 0) is 19.6 Å². The average Bonchev–Trinajstić information content (AvgIpc) is 2.52. The summed E-state index contributed by atoms with van der Waals surface area (Å²) in [4.78, 5) is 11.9. The van der Waals surface area contributed by atoms with Gasteiger partial charge >= 0.3 is 21.6 Å². The fraction of sp³-hybridized carbons (Fsp3) is 0.611. The lowest BCUT2D eigenvalue weighted by molar-refractivity contribution is -0.155. The number of rotatable bonds is 8. The molecule has 1 unspecified atom stereocenters. The van der Waals surface area contributed by atoms with Crippen LogP contribution in [0.2, 0.25) is 0 Å². The van der Waals surface area contributed by atoms with Crippen LogP contribution >= 0.6 is 0 Å². The van der Waals surface area contributed by atoms with Gasteiger partial charge < -0.3 is 13.7 Å². The van der Waals surface area contributed by atoms with E-state index in [1.807, 2.05) is 6.92 Å². The molecule has 0 aliphatic carbocycles. The maximum absolute atomic E-state index is 12.6. The molecule has 160 valence electrons. The van der Waals surface area contributed by atoms with Gasteiger partial charge in [0, 0.05) is 6.42 Å². The lowest BCUT2D eigenvalue weighted by Crippen LogP contribution is -2.28. The molecule has 0 fully saturated rings. The Morgan fingerprint density at radius 3 is 2.21 bits per heavy atom. The van der Waals surface area contributed by atoms with Crippen LogP contribution in [0.4, 0.5) is 13.2 Å². The van der Waals surface area contributed by atoms with Crippen LogP contribution in [0, 0.1) is 0 Å². The summed E-state index contributed by atoms with van der Waals surface area (Å²) in [5, 5.41) is 0. The van der Waals surface area contributed by atoms with Gasteiger partial charge in [-0.3, -0.25) is 4.79 Å². The summed E-state index contributed by atoms with van der Waals surface area (Å²) in [7, 11) is -4.65. The molecule has 10 heteroatoms. The number of hydrogen-bond donors (Lipinski definition) is 0. The molecular weight excluding hydrogens is 401 g/mol. The molecular formula is C18H25F3O6S. The highest BCUT2D eigenvalue weighted by atomic mass is 32.2. The molecule has 6 nitrogen and oxygen atoms in total. The van der Waals surface area contributed by atoms with Crippen molar-refractivity contribution >= 4 is 16.1 Å². The first-order chi connectivity index (χ1) is 12.7. The molecule has 0 N–H and O–H groups in total. The topological polar surface area (TPSA) is 78.9 Å². The molecule has 0 bridgehead atoms. The van der Waals surface area contributed by atoms with E-state index in [0.717, 1.165) is 0 Å². The number of methoxy groups -OCH3 is 1. The van der Waals surface area contributed by atoms with Crippen LogP contribution in [0.3, 0.4) is 0 Å². The van der Waals surface area contributed by atoms with E-state index in [1.165, 1.54) is 19.2 Å². The molecule has 0 aromatic heterocycles. The molecule has 1 atom stereocenters. The molecule has 0 saturated heterocycles. The summed E-state index contributed by atoms with van der Waals surface area (Å²) in [5.41, 5.74) is -5.65. The zero-order chi connectivity index (χ0) is 21.8. The summed E-state index contributed by atoms with van der Waals surface area (Å²) in [6.07, 6.45) is 1.06. The zero-order valence-electron chi connectivity index (χ0n) is 16.4. The van der Waals surface area contributed by atoms with Gasteiger partial charge in [0.25, 0.3) is 0 Å². The van der Waals surface area contributed by atoms with E-state index in [4.69, 9.17) is 9.47 Å². The molecule has 28 heavy (non-hydrogen) atoms. The van der Waals surface area contributed by atoms with Crippen molar-refractivity contribution in [2.45, 2.75) is 64.0 Å². The van der Waals surface area contributed by atoms with Crippen molar-refractivity contribution in [3.05, 3.63) is 23.8 Å². The van der Waals surface area contributed by atoms with Gasteiger partial charge in [-0.25, -0.2) is 0 Å². The molecule has 0 aliphatic rings. The Morgan fingerprint density at radius 1 is 1.14 bits per heavy atom. The van der Waals surface area contributed by atoms with Gasteiger partial charge in [-0.2, -0.15) is 21.6 Å². The minimum atomic E-state index is -5.83. The van der Waals surface area contributed by atoms with E-state index >= 15 is 0 Å².